The second kappa shape index (κ2) is 12.4. The predicted molar refractivity (Wildman–Crippen MR) is 172 cm³/mol. The van der Waals surface area contributed by atoms with E-state index in [0.29, 0.717) is 5.92 Å². The van der Waals surface area contributed by atoms with Crippen LogP contribution >= 0.6 is 0 Å². The van der Waals surface area contributed by atoms with Gasteiger partial charge in [-0.25, -0.2) is 4.39 Å². The van der Waals surface area contributed by atoms with Crippen LogP contribution in [0.15, 0.2) is 47.7 Å². The van der Waals surface area contributed by atoms with Crippen LogP contribution in [0.3, 0.4) is 0 Å². The van der Waals surface area contributed by atoms with Crippen LogP contribution in [-0.2, 0) is 19.8 Å². The summed E-state index contributed by atoms with van der Waals surface area (Å²) in [4.78, 5) is 59.0. The highest BCUT2D eigenvalue weighted by Gasteiger charge is 2.46. The maximum Gasteiger partial charge on any atom is 0.262 e. The summed E-state index contributed by atoms with van der Waals surface area (Å²) in [6, 6.07) is 12.0. The normalized spacial score (nSPS) is 24.0. The number of carbonyl (C=O) groups is 4. The molecule has 246 valence electrons. The molecule has 12 heteroatoms. The minimum Gasteiger partial charge on any atom is -0.414 e. The highest BCUT2D eigenvalue weighted by atomic mass is 19.1. The largest absolute Gasteiger partial charge is 0.414 e. The van der Waals surface area contributed by atoms with E-state index in [2.05, 4.69) is 58.3 Å². The Hall–Kier alpha value is -4.76. The SMILES string of the molecule is CNO/C(C)=C(\C)[C@@H](C)N(CC1CC(Nc2cc3c(cc2F)C(=O)N(C2CCC(=O)NC2=O)C3=O)C1)c1ccc(C2(C#N)CC2)cc1. The van der Waals surface area contributed by atoms with Crippen LogP contribution in [-0.4, -0.2) is 60.2 Å². The molecular weight excluding hydrogens is 603 g/mol. The van der Waals surface area contributed by atoms with Gasteiger partial charge in [-0.15, -0.1) is 0 Å². The molecule has 47 heavy (non-hydrogen) atoms. The summed E-state index contributed by atoms with van der Waals surface area (Å²) in [6.45, 7) is 6.84. The van der Waals surface area contributed by atoms with Gasteiger partial charge in [-0.2, -0.15) is 10.7 Å². The summed E-state index contributed by atoms with van der Waals surface area (Å²) < 4.78 is 15.3. The van der Waals surface area contributed by atoms with Crippen molar-refractivity contribution in [2.75, 3.05) is 23.8 Å². The van der Waals surface area contributed by atoms with Crippen molar-refractivity contribution in [1.29, 1.82) is 5.26 Å². The first-order chi connectivity index (χ1) is 22.5. The van der Waals surface area contributed by atoms with Gasteiger partial charge in [0.2, 0.25) is 11.8 Å². The number of nitriles is 1. The van der Waals surface area contributed by atoms with E-state index in [4.69, 9.17) is 4.84 Å². The molecule has 6 rings (SSSR count). The first kappa shape index (κ1) is 32.2. The summed E-state index contributed by atoms with van der Waals surface area (Å²) >= 11 is 0. The average Bonchev–Trinajstić information content (AvgIpc) is 3.80. The average molecular weight is 643 g/mol. The number of fused-ring (bicyclic) bond motifs is 1. The Kier molecular flexibility index (Phi) is 8.53. The third-order valence-corrected chi connectivity index (χ3v) is 10.2. The second-order valence-electron chi connectivity index (χ2n) is 13.1. The van der Waals surface area contributed by atoms with Gasteiger partial charge in [-0.1, -0.05) is 12.1 Å². The number of rotatable bonds is 11. The zero-order valence-corrected chi connectivity index (χ0v) is 27.0. The first-order valence-electron chi connectivity index (χ1n) is 16.1. The highest BCUT2D eigenvalue weighted by Crippen LogP contribution is 2.48. The Morgan fingerprint density at radius 1 is 1.13 bits per heavy atom. The van der Waals surface area contributed by atoms with Gasteiger partial charge in [0.15, 0.2) is 0 Å². The van der Waals surface area contributed by atoms with Crippen LogP contribution in [0.4, 0.5) is 15.8 Å². The van der Waals surface area contributed by atoms with Crippen LogP contribution < -0.4 is 21.0 Å². The Morgan fingerprint density at radius 3 is 2.38 bits per heavy atom. The third-order valence-electron chi connectivity index (χ3n) is 10.2. The number of nitrogens with one attached hydrogen (secondary N) is 3. The number of amides is 4. The van der Waals surface area contributed by atoms with Crippen molar-refractivity contribution in [2.24, 2.45) is 5.92 Å². The maximum atomic E-state index is 15.3. The molecular formula is C35H39FN6O5. The third kappa shape index (κ3) is 5.96. The number of anilines is 2. The molecule has 3 N–H and O–H groups in total. The number of imide groups is 2. The molecule has 0 aromatic heterocycles. The number of hydroxylamine groups is 1. The highest BCUT2D eigenvalue weighted by molar-refractivity contribution is 6.23. The molecule has 0 radical (unpaired) electrons. The molecule has 2 saturated carbocycles. The Labute approximate surface area is 273 Å². The number of halogens is 1. The summed E-state index contributed by atoms with van der Waals surface area (Å²) in [6.07, 6.45) is 3.34. The van der Waals surface area contributed by atoms with Gasteiger partial charge in [0.05, 0.1) is 34.3 Å². The van der Waals surface area contributed by atoms with Crippen LogP contribution in [0, 0.1) is 23.1 Å². The molecule has 11 nitrogen and oxygen atoms in total. The molecule has 3 fully saturated rings. The quantitative estimate of drug-likeness (QED) is 0.186. The minimum absolute atomic E-state index is 0.0103. The van der Waals surface area contributed by atoms with E-state index in [9.17, 15) is 24.4 Å². The predicted octanol–water partition coefficient (Wildman–Crippen LogP) is 4.31. The summed E-state index contributed by atoms with van der Waals surface area (Å²) in [5, 5.41) is 15.0. The fourth-order valence-corrected chi connectivity index (χ4v) is 6.91. The lowest BCUT2D eigenvalue weighted by molar-refractivity contribution is -0.136. The number of benzene rings is 2. The summed E-state index contributed by atoms with van der Waals surface area (Å²) in [7, 11) is 1.72. The monoisotopic (exact) mass is 642 g/mol. The van der Waals surface area contributed by atoms with Crippen molar-refractivity contribution >= 4 is 35.0 Å². The smallest absolute Gasteiger partial charge is 0.262 e. The topological polar surface area (TPSA) is 144 Å². The van der Waals surface area contributed by atoms with Gasteiger partial charge >= 0.3 is 0 Å². The number of carbonyl (C=O) groups excluding carboxylic acids is 4. The standard InChI is InChI=1S/C35H39FN6O5/c1-19(21(3)47-38-4)20(2)41(25-7-5-23(6-8-25)35(18-37)11-12-35)17-22-13-24(14-22)39-29-16-27-26(15-28(29)36)33(45)42(34(27)46)30-9-10-31(43)40-32(30)44/h5-8,15-16,20,22,24,30,38-39H,9-14,17H2,1-4H3,(H,40,43,44)/b21-19+/t20-,22?,24?,30?/m1/s1. The van der Waals surface area contributed by atoms with E-state index in [0.717, 1.165) is 65.8 Å². The summed E-state index contributed by atoms with van der Waals surface area (Å²) in [5.74, 6) is -2.15. The van der Waals surface area contributed by atoms with Crippen LogP contribution in [0.25, 0.3) is 0 Å². The molecule has 2 heterocycles. The van der Waals surface area contributed by atoms with E-state index < -0.39 is 35.5 Å². The Balaban J connectivity index is 1.14. The van der Waals surface area contributed by atoms with Crippen molar-refractivity contribution in [3.63, 3.8) is 0 Å². The molecule has 2 aromatic carbocycles. The zero-order chi connectivity index (χ0) is 33.6. The number of nitrogens with zero attached hydrogens (tertiary/aromatic N) is 3. The van der Waals surface area contributed by atoms with Crippen molar-refractivity contribution in [2.45, 2.75) is 82.8 Å². The van der Waals surface area contributed by atoms with Crippen LogP contribution in [0.1, 0.15) is 85.6 Å². The van der Waals surface area contributed by atoms with Gasteiger partial charge in [0.1, 0.15) is 17.6 Å². The number of piperidine rings is 1. The molecule has 1 saturated heterocycles. The van der Waals surface area contributed by atoms with Gasteiger partial charge < -0.3 is 15.1 Å². The van der Waals surface area contributed by atoms with Gasteiger partial charge in [-0.05, 0) is 94.2 Å². The zero-order valence-electron chi connectivity index (χ0n) is 27.0. The lowest BCUT2D eigenvalue weighted by Crippen LogP contribution is -2.54. The lowest BCUT2D eigenvalue weighted by Gasteiger charge is -2.42. The molecule has 4 amide bonds. The van der Waals surface area contributed by atoms with Crippen molar-refractivity contribution < 1.29 is 28.4 Å². The van der Waals surface area contributed by atoms with E-state index in [1.807, 2.05) is 13.8 Å². The summed E-state index contributed by atoms with van der Waals surface area (Å²) in [5.41, 5.74) is 5.61. The Bertz CT molecular complexity index is 1710. The second-order valence-corrected chi connectivity index (χ2v) is 13.1. The van der Waals surface area contributed by atoms with Gasteiger partial charge in [0.25, 0.3) is 11.8 Å². The molecule has 2 aromatic rings. The fourth-order valence-electron chi connectivity index (χ4n) is 6.91. The minimum atomic E-state index is -1.11. The molecule has 2 atom stereocenters. The molecule has 2 aliphatic carbocycles. The van der Waals surface area contributed by atoms with E-state index in [1.165, 1.54) is 6.07 Å². The van der Waals surface area contributed by atoms with Crippen molar-refractivity contribution in [3.05, 3.63) is 70.2 Å². The number of hydrogen-bond acceptors (Lipinski definition) is 9. The molecule has 0 bridgehead atoms. The first-order valence-corrected chi connectivity index (χ1v) is 16.1. The lowest BCUT2D eigenvalue weighted by atomic mass is 9.79. The molecule has 1 unspecified atom stereocenters. The van der Waals surface area contributed by atoms with E-state index >= 15 is 4.39 Å². The van der Waals surface area contributed by atoms with E-state index in [-0.39, 0.29) is 47.2 Å². The van der Waals surface area contributed by atoms with Crippen molar-refractivity contribution in [3.8, 4) is 6.07 Å². The van der Waals surface area contributed by atoms with Gasteiger partial charge in [0, 0.05) is 31.7 Å². The van der Waals surface area contributed by atoms with Crippen LogP contribution in [0.2, 0.25) is 0 Å². The van der Waals surface area contributed by atoms with Gasteiger partial charge in [-0.3, -0.25) is 29.4 Å². The number of hydrogen-bond donors (Lipinski definition) is 3. The van der Waals surface area contributed by atoms with Crippen molar-refractivity contribution in [1.82, 2.24) is 15.7 Å². The molecule has 0 spiro atoms. The Morgan fingerprint density at radius 2 is 1.79 bits per heavy atom. The molecule has 4 aliphatic rings. The maximum absolute atomic E-state index is 15.3. The van der Waals surface area contributed by atoms with E-state index in [1.54, 1.807) is 7.05 Å². The fraction of sp³-hybridized carbons (Fsp3) is 0.457. The van der Waals surface area contributed by atoms with Crippen LogP contribution in [0.5, 0.6) is 0 Å². The molecule has 2 aliphatic heterocycles. The number of allylic oxidation sites excluding steroid dienone is 1.